The van der Waals surface area contributed by atoms with Gasteiger partial charge in [0.25, 0.3) is 10.1 Å². The molecule has 5 rings (SSSR count). The second kappa shape index (κ2) is 19.2. The Balaban J connectivity index is 1.44. The van der Waals surface area contributed by atoms with Crippen molar-refractivity contribution >= 4 is 27.9 Å². The summed E-state index contributed by atoms with van der Waals surface area (Å²) in [6.45, 7) is 9.40. The summed E-state index contributed by atoms with van der Waals surface area (Å²) in [5.41, 5.74) is 6.17. The number of nitrogens with zero attached hydrogens (tertiary/aromatic N) is 2. The molecule has 2 N–H and O–H groups in total. The standard InChI is InChI=1S/C45H52N2O8S/c1-33-37(38-24-22-35(46(27-29-53-4)28-30-54-5)31-41(38)55-44(33)34-17-11-9-12-18-34)19-13-7-6-8-14-20-42-45(2,3)39-32-36(56(50,51)52)23-25-40(39)47(42)26-16-10-15-21-43(48)49/h6-9,11-14,17-20,22-25,31-32H,10,15-16,21,26-30H2,1-5H3,(H-,48,49,50,51,52)/p+1. The van der Waals surface area contributed by atoms with Gasteiger partial charge in [-0.25, -0.2) is 4.58 Å². The normalized spacial score (nSPS) is 14.9. The van der Waals surface area contributed by atoms with E-state index in [1.807, 2.05) is 68.5 Å². The first-order valence-corrected chi connectivity index (χ1v) is 20.3. The Bertz CT molecular complexity index is 2260. The van der Waals surface area contributed by atoms with E-state index in [0.717, 1.165) is 82.0 Å². The molecule has 56 heavy (non-hydrogen) atoms. The minimum Gasteiger partial charge on any atom is -0.481 e. The van der Waals surface area contributed by atoms with Gasteiger partial charge in [0.15, 0.2) is 13.1 Å². The van der Waals surface area contributed by atoms with Gasteiger partial charge in [0.05, 0.1) is 11.0 Å². The van der Waals surface area contributed by atoms with Gasteiger partial charge in [-0.3, -0.25) is 9.35 Å². The molecule has 1 aliphatic carbocycles. The second-order valence-electron chi connectivity index (χ2n) is 14.3. The summed E-state index contributed by atoms with van der Waals surface area (Å²) in [5.74, 6) is 0.774. The molecule has 0 amide bonds. The third-order valence-electron chi connectivity index (χ3n) is 10.1. The van der Waals surface area contributed by atoms with Crippen molar-refractivity contribution in [2.45, 2.75) is 56.8 Å². The van der Waals surface area contributed by atoms with Crippen LogP contribution in [0.2, 0.25) is 0 Å². The van der Waals surface area contributed by atoms with E-state index in [2.05, 4.69) is 52.8 Å². The molecule has 0 bridgehead atoms. The quantitative estimate of drug-likeness (QED) is 0.0445. The molecular formula is C45H53N2O8S+. The van der Waals surface area contributed by atoms with E-state index in [-0.39, 0.29) is 11.3 Å². The average molecular weight is 782 g/mol. The third kappa shape index (κ3) is 10.2. The number of methoxy groups -OCH3 is 2. The minimum atomic E-state index is -4.37. The third-order valence-corrected chi connectivity index (χ3v) is 11.0. The number of hydrogen-bond donors (Lipinski definition) is 2. The highest BCUT2D eigenvalue weighted by molar-refractivity contribution is 7.85. The number of anilines is 1. The number of carbonyl (C=O) groups is 1. The lowest BCUT2D eigenvalue weighted by atomic mass is 9.83. The van der Waals surface area contributed by atoms with Crippen LogP contribution in [0.4, 0.5) is 5.69 Å². The van der Waals surface area contributed by atoms with Gasteiger partial charge in [-0.15, -0.1) is 0 Å². The zero-order valence-electron chi connectivity index (χ0n) is 32.9. The topological polar surface area (TPSA) is 130 Å². The van der Waals surface area contributed by atoms with Crippen LogP contribution in [-0.2, 0) is 29.8 Å². The Morgan fingerprint density at radius 1 is 0.893 bits per heavy atom. The Morgan fingerprint density at radius 2 is 1.59 bits per heavy atom. The number of fused-ring (bicyclic) bond motifs is 2. The van der Waals surface area contributed by atoms with E-state index in [1.54, 1.807) is 26.4 Å². The molecule has 2 aromatic carbocycles. The SMILES string of the molecule is COCC[N+](CCOC)=c1ccc2c(C=CC=CC=CC=C3N(CCCCCC(=O)O)c4ccc(S(=O)(=O)O)cc4C3(C)C)c(C)c(-c3ccccc3)oc-2c1. The molecule has 0 saturated heterocycles. The van der Waals surface area contributed by atoms with Crippen molar-refractivity contribution in [1.82, 2.24) is 4.58 Å². The molecule has 0 aromatic heterocycles. The predicted molar refractivity (Wildman–Crippen MR) is 222 cm³/mol. The Hall–Kier alpha value is -5.07. The highest BCUT2D eigenvalue weighted by atomic mass is 32.2. The maximum Gasteiger partial charge on any atom is 0.303 e. The number of carboxylic acids is 1. The molecule has 0 saturated carbocycles. The number of allylic oxidation sites excluding steroid dienone is 7. The van der Waals surface area contributed by atoms with Crippen LogP contribution in [-0.4, -0.2) is 71.1 Å². The predicted octanol–water partition coefficient (Wildman–Crippen LogP) is 8.12. The minimum absolute atomic E-state index is 0.125. The molecule has 2 aliphatic heterocycles. The Morgan fingerprint density at radius 3 is 2.27 bits per heavy atom. The lowest BCUT2D eigenvalue weighted by Crippen LogP contribution is -2.35. The van der Waals surface area contributed by atoms with Gasteiger partial charge >= 0.3 is 5.97 Å². The van der Waals surface area contributed by atoms with Gasteiger partial charge < -0.3 is 23.9 Å². The molecule has 11 heteroatoms. The first kappa shape index (κ1) is 42.1. The van der Waals surface area contributed by atoms with Crippen molar-refractivity contribution < 1.29 is 36.8 Å². The fraction of sp³-hybridized carbons (Fsp3) is 0.333. The lowest BCUT2D eigenvalue weighted by Gasteiger charge is -2.27. The van der Waals surface area contributed by atoms with E-state index >= 15 is 0 Å². The molecule has 2 aromatic rings. The van der Waals surface area contributed by atoms with Gasteiger partial charge in [0, 0.05) is 66.7 Å². The van der Waals surface area contributed by atoms with Gasteiger partial charge in [-0.1, -0.05) is 87.1 Å². The van der Waals surface area contributed by atoms with E-state index in [1.165, 1.54) is 6.07 Å². The lowest BCUT2D eigenvalue weighted by molar-refractivity contribution is -0.137. The molecule has 2 heterocycles. The average Bonchev–Trinajstić information content (AvgIpc) is 3.38. The molecule has 10 nitrogen and oxygen atoms in total. The largest absolute Gasteiger partial charge is 0.481 e. The first-order chi connectivity index (χ1) is 26.9. The number of unbranched alkanes of at least 4 members (excludes halogenated alkanes) is 2. The van der Waals surface area contributed by atoms with Crippen LogP contribution in [0, 0.1) is 6.92 Å². The number of rotatable bonds is 18. The second-order valence-corrected chi connectivity index (χ2v) is 15.7. The van der Waals surface area contributed by atoms with Crippen molar-refractivity contribution in [3.8, 4) is 22.6 Å². The van der Waals surface area contributed by atoms with E-state index in [0.29, 0.717) is 26.2 Å². The highest BCUT2D eigenvalue weighted by Gasteiger charge is 2.40. The molecule has 0 radical (unpaired) electrons. The monoisotopic (exact) mass is 781 g/mol. The van der Waals surface area contributed by atoms with Crippen LogP contribution in [0.5, 0.6) is 0 Å². The van der Waals surface area contributed by atoms with Crippen molar-refractivity contribution in [3.05, 3.63) is 131 Å². The number of benzene rings is 3. The van der Waals surface area contributed by atoms with Crippen molar-refractivity contribution in [3.63, 3.8) is 0 Å². The summed E-state index contributed by atoms with van der Waals surface area (Å²) >= 11 is 0. The first-order valence-electron chi connectivity index (χ1n) is 18.9. The molecule has 296 valence electrons. The zero-order chi connectivity index (χ0) is 40.3. The van der Waals surface area contributed by atoms with Crippen LogP contribution in [0.25, 0.3) is 28.7 Å². The van der Waals surface area contributed by atoms with Gasteiger partial charge in [0.1, 0.15) is 24.7 Å². The molecule has 0 atom stereocenters. The summed E-state index contributed by atoms with van der Waals surface area (Å²) in [6.07, 6.45) is 16.2. The smallest absolute Gasteiger partial charge is 0.303 e. The molecule has 0 spiro atoms. The highest BCUT2D eigenvalue weighted by Crippen LogP contribution is 2.48. The molecular weight excluding hydrogens is 729 g/mol. The summed E-state index contributed by atoms with van der Waals surface area (Å²) in [6, 6.07) is 21.1. The molecule has 0 unspecified atom stereocenters. The number of aliphatic carboxylic acids is 1. The fourth-order valence-electron chi connectivity index (χ4n) is 7.15. The fourth-order valence-corrected chi connectivity index (χ4v) is 7.65. The number of ether oxygens (including phenoxy) is 2. The van der Waals surface area contributed by atoms with Crippen LogP contribution < -0.4 is 14.8 Å². The van der Waals surface area contributed by atoms with Crippen LogP contribution in [0.3, 0.4) is 0 Å². The van der Waals surface area contributed by atoms with Crippen LogP contribution in [0.1, 0.15) is 56.2 Å². The number of hydrogen-bond acceptors (Lipinski definition) is 7. The van der Waals surface area contributed by atoms with Gasteiger partial charge in [-0.2, -0.15) is 8.42 Å². The van der Waals surface area contributed by atoms with Crippen LogP contribution in [0.15, 0.2) is 118 Å². The van der Waals surface area contributed by atoms with Crippen molar-refractivity contribution in [2.24, 2.45) is 0 Å². The maximum atomic E-state index is 12.0. The van der Waals surface area contributed by atoms with Crippen molar-refractivity contribution in [2.75, 3.05) is 52.0 Å². The van der Waals surface area contributed by atoms with Crippen LogP contribution >= 0.6 is 0 Å². The summed E-state index contributed by atoms with van der Waals surface area (Å²) in [4.78, 5) is 13.0. The maximum absolute atomic E-state index is 12.0. The van der Waals surface area contributed by atoms with E-state index < -0.39 is 21.5 Å². The van der Waals surface area contributed by atoms with Gasteiger partial charge in [-0.05, 0) is 61.2 Å². The Kier molecular flexibility index (Phi) is 14.4. The summed E-state index contributed by atoms with van der Waals surface area (Å²) < 4.78 is 53.4. The summed E-state index contributed by atoms with van der Waals surface area (Å²) in [7, 11) is -0.974. The zero-order valence-corrected chi connectivity index (χ0v) is 33.7. The molecule has 3 aliphatic rings. The van der Waals surface area contributed by atoms with Gasteiger partial charge in [0.2, 0.25) is 5.36 Å². The van der Waals surface area contributed by atoms with Crippen molar-refractivity contribution in [1.29, 1.82) is 0 Å². The van der Waals surface area contributed by atoms with E-state index in [9.17, 15) is 17.8 Å². The summed E-state index contributed by atoms with van der Waals surface area (Å²) in [5, 5.41) is 10.1. The Labute approximate surface area is 330 Å². The number of carboxylic acid groups (broad SMARTS) is 1. The van der Waals surface area contributed by atoms with E-state index in [4.69, 9.17) is 19.0 Å². The molecule has 0 fully saturated rings.